The van der Waals surface area contributed by atoms with Gasteiger partial charge in [-0.25, -0.2) is 4.79 Å². The minimum absolute atomic E-state index is 0.199. The lowest BCUT2D eigenvalue weighted by molar-refractivity contribution is -0.145. The molecule has 0 radical (unpaired) electrons. The highest BCUT2D eigenvalue weighted by Crippen LogP contribution is 2.33. The molecule has 1 aromatic carbocycles. The average Bonchev–Trinajstić information content (AvgIpc) is 3.17. The van der Waals surface area contributed by atoms with E-state index in [0.717, 1.165) is 37.2 Å². The van der Waals surface area contributed by atoms with Gasteiger partial charge in [0.05, 0.1) is 12.3 Å². The summed E-state index contributed by atoms with van der Waals surface area (Å²) in [4.78, 5) is 25.6. The summed E-state index contributed by atoms with van der Waals surface area (Å²) in [6.07, 6.45) is 1.56. The van der Waals surface area contributed by atoms with E-state index in [-0.39, 0.29) is 11.9 Å². The second-order valence-corrected chi connectivity index (χ2v) is 6.97. The van der Waals surface area contributed by atoms with Gasteiger partial charge >= 0.3 is 5.97 Å². The van der Waals surface area contributed by atoms with Crippen LogP contribution in [0.3, 0.4) is 0 Å². The number of rotatable bonds is 7. The van der Waals surface area contributed by atoms with Crippen LogP contribution < -0.4 is 0 Å². The van der Waals surface area contributed by atoms with Gasteiger partial charge in [0.1, 0.15) is 4.88 Å². The minimum Gasteiger partial charge on any atom is -0.462 e. The Bertz CT molecular complexity index is 734. The molecular weight excluding hydrogens is 352 g/mol. The quantitative estimate of drug-likeness (QED) is 0.547. The van der Waals surface area contributed by atoms with Gasteiger partial charge in [-0.15, -0.1) is 0 Å². The third-order valence-corrected chi connectivity index (χ3v) is 5.26. The Morgan fingerprint density at radius 2 is 2.23 bits per heavy atom. The molecule has 1 fully saturated rings. The molecule has 6 nitrogen and oxygen atoms in total. The third-order valence-electron chi connectivity index (χ3n) is 4.48. The van der Waals surface area contributed by atoms with Crippen LogP contribution in [0.4, 0.5) is 0 Å². The molecule has 7 heteroatoms. The van der Waals surface area contributed by atoms with Crippen molar-refractivity contribution >= 4 is 24.0 Å². The van der Waals surface area contributed by atoms with Gasteiger partial charge in [0, 0.05) is 24.6 Å². The summed E-state index contributed by atoms with van der Waals surface area (Å²) in [5.74, 6) is -0.125. The summed E-state index contributed by atoms with van der Waals surface area (Å²) in [7, 11) is 0. The Morgan fingerprint density at radius 3 is 2.96 bits per heavy atom. The summed E-state index contributed by atoms with van der Waals surface area (Å²) >= 11 is 1.18. The van der Waals surface area contributed by atoms with E-state index in [1.54, 1.807) is 6.92 Å². The normalized spacial score (nSPS) is 18.9. The molecule has 138 valence electrons. The van der Waals surface area contributed by atoms with Gasteiger partial charge < -0.3 is 9.47 Å². The summed E-state index contributed by atoms with van der Waals surface area (Å²) in [5, 5.41) is 0. The SMILES string of the molecule is CCOC(=O)c1cc(C2CCCN(C(OC=O)c3ccccc3)C2)ns1. The van der Waals surface area contributed by atoms with Crippen molar-refractivity contribution in [3.63, 3.8) is 0 Å². The number of benzene rings is 1. The van der Waals surface area contributed by atoms with Gasteiger partial charge in [0.15, 0.2) is 6.23 Å². The van der Waals surface area contributed by atoms with Crippen LogP contribution in [0.5, 0.6) is 0 Å². The fourth-order valence-electron chi connectivity index (χ4n) is 3.29. The Balaban J connectivity index is 1.74. The van der Waals surface area contributed by atoms with E-state index in [2.05, 4.69) is 9.27 Å². The topological polar surface area (TPSA) is 68.7 Å². The zero-order chi connectivity index (χ0) is 18.4. The van der Waals surface area contributed by atoms with Crippen LogP contribution >= 0.6 is 11.5 Å². The lowest BCUT2D eigenvalue weighted by atomic mass is 9.94. The number of nitrogens with zero attached hydrogens (tertiary/aromatic N) is 2. The maximum Gasteiger partial charge on any atom is 0.349 e. The first kappa shape index (κ1) is 18.5. The van der Waals surface area contributed by atoms with Crippen molar-refractivity contribution in [2.75, 3.05) is 19.7 Å². The molecule has 0 amide bonds. The molecule has 1 aliphatic heterocycles. The summed E-state index contributed by atoms with van der Waals surface area (Å²) in [6.45, 7) is 4.21. The summed E-state index contributed by atoms with van der Waals surface area (Å²) in [5.41, 5.74) is 1.85. The van der Waals surface area contributed by atoms with E-state index in [4.69, 9.17) is 9.47 Å². The number of esters is 1. The first-order valence-electron chi connectivity index (χ1n) is 8.74. The van der Waals surface area contributed by atoms with Crippen LogP contribution in [0.2, 0.25) is 0 Å². The number of hydrogen-bond donors (Lipinski definition) is 0. The number of hydrogen-bond acceptors (Lipinski definition) is 7. The second kappa shape index (κ2) is 8.91. The molecule has 2 aromatic rings. The number of piperidine rings is 1. The van der Waals surface area contributed by atoms with Gasteiger partial charge in [0.2, 0.25) is 0 Å². The molecule has 1 aromatic heterocycles. The highest BCUT2D eigenvalue weighted by molar-refractivity contribution is 7.08. The van der Waals surface area contributed by atoms with Crippen molar-refractivity contribution in [3.8, 4) is 0 Å². The fraction of sp³-hybridized carbons (Fsp3) is 0.421. The largest absolute Gasteiger partial charge is 0.462 e. The number of likely N-dealkylation sites (tertiary alicyclic amines) is 1. The smallest absolute Gasteiger partial charge is 0.349 e. The molecule has 0 saturated carbocycles. The second-order valence-electron chi connectivity index (χ2n) is 6.17. The first-order valence-corrected chi connectivity index (χ1v) is 9.52. The molecule has 2 heterocycles. The van der Waals surface area contributed by atoms with Crippen molar-refractivity contribution in [3.05, 3.63) is 52.5 Å². The van der Waals surface area contributed by atoms with E-state index in [9.17, 15) is 9.59 Å². The molecule has 0 spiro atoms. The third kappa shape index (κ3) is 4.28. The molecule has 3 rings (SSSR count). The van der Waals surface area contributed by atoms with Gasteiger partial charge in [-0.1, -0.05) is 30.3 Å². The highest BCUT2D eigenvalue weighted by Gasteiger charge is 2.30. The minimum atomic E-state index is -0.403. The Hall–Kier alpha value is -2.25. The van der Waals surface area contributed by atoms with E-state index in [1.807, 2.05) is 36.4 Å². The van der Waals surface area contributed by atoms with Crippen LogP contribution in [0.25, 0.3) is 0 Å². The van der Waals surface area contributed by atoms with Crippen molar-refractivity contribution in [1.82, 2.24) is 9.27 Å². The Morgan fingerprint density at radius 1 is 1.42 bits per heavy atom. The zero-order valence-corrected chi connectivity index (χ0v) is 15.5. The van der Waals surface area contributed by atoms with Crippen molar-refractivity contribution in [2.24, 2.45) is 0 Å². The summed E-state index contributed by atoms with van der Waals surface area (Å²) < 4.78 is 14.9. The predicted molar refractivity (Wildman–Crippen MR) is 98.0 cm³/mol. The maximum atomic E-state index is 11.9. The van der Waals surface area contributed by atoms with E-state index in [0.29, 0.717) is 18.0 Å². The molecule has 0 aliphatic carbocycles. The van der Waals surface area contributed by atoms with Gasteiger partial charge in [0.25, 0.3) is 6.47 Å². The maximum absolute atomic E-state index is 11.9. The van der Waals surface area contributed by atoms with Crippen molar-refractivity contribution in [2.45, 2.75) is 31.9 Å². The number of ether oxygens (including phenoxy) is 2. The van der Waals surface area contributed by atoms with Gasteiger partial charge in [-0.2, -0.15) is 4.37 Å². The molecule has 0 N–H and O–H groups in total. The number of carbonyl (C=O) groups is 2. The lowest BCUT2D eigenvalue weighted by Crippen LogP contribution is -2.38. The Labute approximate surface area is 156 Å². The molecular formula is C19H22N2O4S. The lowest BCUT2D eigenvalue weighted by Gasteiger charge is -2.36. The molecule has 1 aliphatic rings. The van der Waals surface area contributed by atoms with Gasteiger partial charge in [-0.3, -0.25) is 9.69 Å². The van der Waals surface area contributed by atoms with Crippen LogP contribution in [-0.4, -0.2) is 41.4 Å². The molecule has 1 saturated heterocycles. The molecule has 2 unspecified atom stereocenters. The van der Waals surface area contributed by atoms with E-state index < -0.39 is 6.23 Å². The van der Waals surface area contributed by atoms with Crippen LogP contribution in [0.1, 0.15) is 52.8 Å². The average molecular weight is 374 g/mol. The van der Waals surface area contributed by atoms with Gasteiger partial charge in [-0.05, 0) is 37.4 Å². The standard InChI is InChI=1S/C19H22N2O4S/c1-2-24-19(23)17-11-16(20-26-17)15-9-6-10-21(12-15)18(25-13-22)14-7-4-3-5-8-14/h3-5,7-8,11,13,15,18H,2,6,9-10,12H2,1H3. The Kier molecular flexibility index (Phi) is 6.35. The van der Waals surface area contributed by atoms with Crippen LogP contribution in [0.15, 0.2) is 36.4 Å². The van der Waals surface area contributed by atoms with E-state index in [1.165, 1.54) is 11.5 Å². The monoisotopic (exact) mass is 374 g/mol. The zero-order valence-electron chi connectivity index (χ0n) is 14.7. The van der Waals surface area contributed by atoms with Crippen molar-refractivity contribution in [1.29, 1.82) is 0 Å². The van der Waals surface area contributed by atoms with E-state index >= 15 is 0 Å². The van der Waals surface area contributed by atoms with Crippen molar-refractivity contribution < 1.29 is 19.1 Å². The van der Waals surface area contributed by atoms with Crippen LogP contribution in [-0.2, 0) is 14.3 Å². The first-order chi connectivity index (χ1) is 12.7. The summed E-state index contributed by atoms with van der Waals surface area (Å²) in [6, 6.07) is 11.6. The number of carbonyl (C=O) groups excluding carboxylic acids is 2. The molecule has 26 heavy (non-hydrogen) atoms. The van der Waals surface area contributed by atoms with Crippen LogP contribution in [0, 0.1) is 0 Å². The molecule has 0 bridgehead atoms. The number of aromatic nitrogens is 1. The predicted octanol–water partition coefficient (Wildman–Crippen LogP) is 3.37. The molecule has 2 atom stereocenters. The fourth-order valence-corrected chi connectivity index (χ4v) is 4.00. The highest BCUT2D eigenvalue weighted by atomic mass is 32.1.